The van der Waals surface area contributed by atoms with E-state index in [-0.39, 0.29) is 5.54 Å². The van der Waals surface area contributed by atoms with E-state index < -0.39 is 5.60 Å². The van der Waals surface area contributed by atoms with Crippen LogP contribution in [-0.4, -0.2) is 22.8 Å². The molecule has 0 bridgehead atoms. The number of hydrogen-bond acceptors (Lipinski definition) is 2. The van der Waals surface area contributed by atoms with Gasteiger partial charge >= 0.3 is 0 Å². The molecule has 0 aromatic heterocycles. The molecule has 2 rings (SSSR count). The number of rotatable bonds is 3. The Morgan fingerprint density at radius 1 is 1.17 bits per heavy atom. The van der Waals surface area contributed by atoms with Crippen molar-refractivity contribution in [3.05, 3.63) is 29.8 Å². The van der Waals surface area contributed by atoms with Crippen molar-refractivity contribution in [1.82, 2.24) is 0 Å². The highest BCUT2D eigenvalue weighted by Gasteiger charge is 2.34. The van der Waals surface area contributed by atoms with Gasteiger partial charge in [0.2, 0.25) is 0 Å². The molecule has 1 aromatic rings. The SMILES string of the molecule is CC(C)(O)CC(C)(C)N1CCCc2ccccc21. The molecule has 0 saturated heterocycles. The summed E-state index contributed by atoms with van der Waals surface area (Å²) in [5.74, 6) is 0. The predicted molar refractivity (Wildman–Crippen MR) is 77.1 cm³/mol. The van der Waals surface area contributed by atoms with E-state index in [2.05, 4.69) is 43.0 Å². The molecule has 1 heterocycles. The molecule has 1 aromatic carbocycles. The molecule has 100 valence electrons. The summed E-state index contributed by atoms with van der Waals surface area (Å²) in [6.07, 6.45) is 3.14. The highest BCUT2D eigenvalue weighted by atomic mass is 16.3. The van der Waals surface area contributed by atoms with Crippen LogP contribution in [0.15, 0.2) is 24.3 Å². The highest BCUT2D eigenvalue weighted by molar-refractivity contribution is 5.57. The Hall–Kier alpha value is -1.02. The third-order valence-corrected chi connectivity index (χ3v) is 3.71. The molecule has 0 atom stereocenters. The van der Waals surface area contributed by atoms with Crippen molar-refractivity contribution in [2.45, 2.75) is 58.1 Å². The molecular weight excluding hydrogens is 222 g/mol. The van der Waals surface area contributed by atoms with E-state index in [4.69, 9.17) is 0 Å². The fourth-order valence-corrected chi connectivity index (χ4v) is 3.32. The second kappa shape index (κ2) is 4.58. The van der Waals surface area contributed by atoms with E-state index in [1.54, 1.807) is 0 Å². The highest BCUT2D eigenvalue weighted by Crippen LogP contribution is 2.35. The Balaban J connectivity index is 2.29. The molecule has 0 aliphatic carbocycles. The molecule has 1 aliphatic heterocycles. The maximum Gasteiger partial charge on any atom is 0.0613 e. The molecule has 0 unspecified atom stereocenters. The molecule has 1 aliphatic rings. The van der Waals surface area contributed by atoms with Crippen LogP contribution in [0.4, 0.5) is 5.69 Å². The van der Waals surface area contributed by atoms with Crippen LogP contribution in [0.3, 0.4) is 0 Å². The Morgan fingerprint density at radius 2 is 1.83 bits per heavy atom. The van der Waals surface area contributed by atoms with Crippen molar-refractivity contribution in [2.75, 3.05) is 11.4 Å². The first-order valence-electron chi connectivity index (χ1n) is 6.88. The lowest BCUT2D eigenvalue weighted by Gasteiger charge is -2.46. The van der Waals surface area contributed by atoms with Gasteiger partial charge in [-0.05, 0) is 58.6 Å². The minimum atomic E-state index is -0.629. The van der Waals surface area contributed by atoms with Crippen LogP contribution in [0.2, 0.25) is 0 Å². The summed E-state index contributed by atoms with van der Waals surface area (Å²) in [5.41, 5.74) is 2.13. The van der Waals surface area contributed by atoms with Crippen LogP contribution in [0.1, 0.15) is 46.1 Å². The summed E-state index contributed by atoms with van der Waals surface area (Å²) in [7, 11) is 0. The summed E-state index contributed by atoms with van der Waals surface area (Å²) >= 11 is 0. The summed E-state index contributed by atoms with van der Waals surface area (Å²) in [4.78, 5) is 2.46. The third kappa shape index (κ3) is 2.86. The maximum absolute atomic E-state index is 10.1. The van der Waals surface area contributed by atoms with E-state index in [1.165, 1.54) is 24.1 Å². The number of para-hydroxylation sites is 1. The van der Waals surface area contributed by atoms with Crippen molar-refractivity contribution in [3.63, 3.8) is 0 Å². The first-order chi connectivity index (χ1) is 8.30. The van der Waals surface area contributed by atoms with Crippen molar-refractivity contribution in [1.29, 1.82) is 0 Å². The van der Waals surface area contributed by atoms with Crippen LogP contribution < -0.4 is 4.90 Å². The van der Waals surface area contributed by atoms with Gasteiger partial charge in [0, 0.05) is 17.8 Å². The van der Waals surface area contributed by atoms with E-state index in [0.717, 1.165) is 13.0 Å². The zero-order chi connectivity index (χ0) is 13.4. The first kappa shape index (κ1) is 13.4. The average molecular weight is 247 g/mol. The molecule has 0 amide bonds. The van der Waals surface area contributed by atoms with Gasteiger partial charge in [-0.2, -0.15) is 0 Å². The van der Waals surface area contributed by atoms with Gasteiger partial charge in [-0.15, -0.1) is 0 Å². The monoisotopic (exact) mass is 247 g/mol. The van der Waals surface area contributed by atoms with Gasteiger partial charge < -0.3 is 10.0 Å². The minimum absolute atomic E-state index is 0.0191. The molecule has 0 spiro atoms. The topological polar surface area (TPSA) is 23.5 Å². The lowest BCUT2D eigenvalue weighted by atomic mass is 9.85. The smallest absolute Gasteiger partial charge is 0.0613 e. The van der Waals surface area contributed by atoms with Crippen molar-refractivity contribution in [2.24, 2.45) is 0 Å². The predicted octanol–water partition coefficient (Wildman–Crippen LogP) is 3.38. The van der Waals surface area contributed by atoms with Gasteiger partial charge in [0.15, 0.2) is 0 Å². The number of aliphatic hydroxyl groups is 1. The summed E-state index contributed by atoms with van der Waals surface area (Å²) in [6, 6.07) is 8.66. The summed E-state index contributed by atoms with van der Waals surface area (Å²) in [6.45, 7) is 9.33. The van der Waals surface area contributed by atoms with E-state index in [9.17, 15) is 5.11 Å². The van der Waals surface area contributed by atoms with Crippen molar-refractivity contribution < 1.29 is 5.11 Å². The van der Waals surface area contributed by atoms with Crippen LogP contribution in [0.25, 0.3) is 0 Å². The number of anilines is 1. The molecule has 18 heavy (non-hydrogen) atoms. The van der Waals surface area contributed by atoms with Gasteiger partial charge in [0.1, 0.15) is 0 Å². The van der Waals surface area contributed by atoms with Crippen LogP contribution in [0, 0.1) is 0 Å². The fraction of sp³-hybridized carbons (Fsp3) is 0.625. The zero-order valence-electron chi connectivity index (χ0n) is 12.0. The number of nitrogens with zero attached hydrogens (tertiary/aromatic N) is 1. The van der Waals surface area contributed by atoms with Crippen molar-refractivity contribution >= 4 is 5.69 Å². The number of hydrogen-bond donors (Lipinski definition) is 1. The van der Waals surface area contributed by atoms with Gasteiger partial charge in [-0.25, -0.2) is 0 Å². The van der Waals surface area contributed by atoms with Gasteiger partial charge in [0.05, 0.1) is 5.60 Å². The number of benzene rings is 1. The summed E-state index contributed by atoms with van der Waals surface area (Å²) < 4.78 is 0. The molecule has 2 nitrogen and oxygen atoms in total. The molecule has 0 saturated carbocycles. The van der Waals surface area contributed by atoms with Crippen LogP contribution in [0.5, 0.6) is 0 Å². The lowest BCUT2D eigenvalue weighted by Crippen LogP contribution is -2.50. The van der Waals surface area contributed by atoms with Gasteiger partial charge in [0.25, 0.3) is 0 Å². The van der Waals surface area contributed by atoms with Crippen molar-refractivity contribution in [3.8, 4) is 0 Å². The average Bonchev–Trinajstić information content (AvgIpc) is 2.25. The first-order valence-corrected chi connectivity index (χ1v) is 6.88. The quantitative estimate of drug-likeness (QED) is 0.885. The zero-order valence-corrected chi connectivity index (χ0v) is 12.0. The van der Waals surface area contributed by atoms with Gasteiger partial charge in [-0.3, -0.25) is 0 Å². The lowest BCUT2D eigenvalue weighted by molar-refractivity contribution is 0.0496. The number of aryl methyl sites for hydroxylation is 1. The van der Waals surface area contributed by atoms with E-state index in [1.807, 2.05) is 13.8 Å². The van der Waals surface area contributed by atoms with E-state index >= 15 is 0 Å². The second-order valence-corrected chi connectivity index (χ2v) is 6.69. The Kier molecular flexibility index (Phi) is 3.41. The Morgan fingerprint density at radius 3 is 2.50 bits per heavy atom. The number of fused-ring (bicyclic) bond motifs is 1. The molecule has 2 heteroatoms. The van der Waals surface area contributed by atoms with Crippen LogP contribution >= 0.6 is 0 Å². The maximum atomic E-state index is 10.1. The molecular formula is C16H25NO. The van der Waals surface area contributed by atoms with Gasteiger partial charge in [-0.1, -0.05) is 18.2 Å². The third-order valence-electron chi connectivity index (χ3n) is 3.71. The summed E-state index contributed by atoms with van der Waals surface area (Å²) in [5, 5.41) is 10.1. The normalized spacial score (nSPS) is 16.6. The Labute approximate surface area is 111 Å². The molecule has 0 radical (unpaired) electrons. The molecule has 1 N–H and O–H groups in total. The fourth-order valence-electron chi connectivity index (χ4n) is 3.32. The van der Waals surface area contributed by atoms with E-state index in [0.29, 0.717) is 0 Å². The largest absolute Gasteiger partial charge is 0.390 e. The standard InChI is InChI=1S/C16H25NO/c1-15(2,12-16(3,4)18)17-11-7-9-13-8-5-6-10-14(13)17/h5-6,8,10,18H,7,9,11-12H2,1-4H3. The van der Waals surface area contributed by atoms with Crippen LogP contribution in [-0.2, 0) is 6.42 Å². The minimum Gasteiger partial charge on any atom is -0.390 e. The second-order valence-electron chi connectivity index (χ2n) is 6.69. The molecule has 0 fully saturated rings. The Bertz CT molecular complexity index is 417.